The van der Waals surface area contributed by atoms with Crippen molar-refractivity contribution in [1.29, 1.82) is 0 Å². The standard InChI is InChI=1S/C29H26ClN3O5/c1-17-23(10-11-26(34)35)37-25-9-8-20(30)28(27(17)25)38-24-12-13-31-16-19(24)29(36)33-15-14-32(18-6-7-18)21-4-2-3-5-22(21)33/h2-5,8-9,12-13,16,18H,6-7,10-11,14-15H2,1H3,(H,34,35). The number of aryl methyl sites for hydroxylation is 2. The van der Waals surface area contributed by atoms with Crippen molar-refractivity contribution in [3.8, 4) is 11.5 Å². The number of fused-ring (bicyclic) bond motifs is 2. The summed E-state index contributed by atoms with van der Waals surface area (Å²) in [6, 6.07) is 13.6. The van der Waals surface area contributed by atoms with Gasteiger partial charge in [-0.05, 0) is 50.1 Å². The van der Waals surface area contributed by atoms with E-state index >= 15 is 0 Å². The van der Waals surface area contributed by atoms with Gasteiger partial charge in [-0.15, -0.1) is 0 Å². The van der Waals surface area contributed by atoms with E-state index in [0.29, 0.717) is 51.4 Å². The second kappa shape index (κ2) is 9.68. The van der Waals surface area contributed by atoms with E-state index in [1.54, 1.807) is 29.3 Å². The van der Waals surface area contributed by atoms with Gasteiger partial charge >= 0.3 is 5.97 Å². The highest BCUT2D eigenvalue weighted by Gasteiger charge is 2.36. The number of furan rings is 1. The van der Waals surface area contributed by atoms with Crippen LogP contribution in [-0.2, 0) is 11.2 Å². The summed E-state index contributed by atoms with van der Waals surface area (Å²) in [5.74, 6) is 0.135. The highest BCUT2D eigenvalue weighted by Crippen LogP contribution is 2.43. The average molecular weight is 532 g/mol. The first-order valence-electron chi connectivity index (χ1n) is 12.6. The Morgan fingerprint density at radius 3 is 2.68 bits per heavy atom. The predicted molar refractivity (Wildman–Crippen MR) is 145 cm³/mol. The number of para-hydroxylation sites is 2. The summed E-state index contributed by atoms with van der Waals surface area (Å²) in [5, 5.41) is 10.1. The molecule has 194 valence electrons. The van der Waals surface area contributed by atoms with Gasteiger partial charge in [0.15, 0.2) is 5.75 Å². The number of hydrogen-bond acceptors (Lipinski definition) is 6. The predicted octanol–water partition coefficient (Wildman–Crippen LogP) is 6.23. The third-order valence-corrected chi connectivity index (χ3v) is 7.46. The first kappa shape index (κ1) is 24.3. The molecule has 1 fully saturated rings. The molecular weight excluding hydrogens is 506 g/mol. The van der Waals surface area contributed by atoms with Crippen LogP contribution in [0.25, 0.3) is 11.0 Å². The summed E-state index contributed by atoms with van der Waals surface area (Å²) in [6.45, 7) is 3.17. The Kier molecular flexibility index (Phi) is 6.19. The average Bonchev–Trinajstić information content (AvgIpc) is 3.72. The van der Waals surface area contributed by atoms with Crippen LogP contribution >= 0.6 is 11.6 Å². The lowest BCUT2D eigenvalue weighted by Gasteiger charge is -2.38. The SMILES string of the molecule is Cc1c(CCC(=O)O)oc2ccc(Cl)c(Oc3ccncc3C(=O)N3CCN(C4CC4)c4ccccc43)c12. The number of nitrogens with zero attached hydrogens (tertiary/aromatic N) is 3. The molecule has 2 aromatic carbocycles. The molecule has 0 unspecified atom stereocenters. The molecule has 0 radical (unpaired) electrons. The number of pyridine rings is 1. The van der Waals surface area contributed by atoms with Crippen LogP contribution in [0.4, 0.5) is 11.4 Å². The van der Waals surface area contributed by atoms with Gasteiger partial charge in [0.05, 0.1) is 28.2 Å². The lowest BCUT2D eigenvalue weighted by atomic mass is 10.1. The zero-order chi connectivity index (χ0) is 26.4. The molecule has 6 rings (SSSR count). The molecule has 1 aliphatic heterocycles. The van der Waals surface area contributed by atoms with E-state index in [1.807, 2.05) is 25.1 Å². The number of ether oxygens (including phenoxy) is 1. The highest BCUT2D eigenvalue weighted by atomic mass is 35.5. The normalized spacial score (nSPS) is 15.0. The summed E-state index contributed by atoms with van der Waals surface area (Å²) < 4.78 is 12.3. The Bertz CT molecular complexity index is 1560. The molecule has 8 nitrogen and oxygen atoms in total. The lowest BCUT2D eigenvalue weighted by molar-refractivity contribution is -0.137. The minimum atomic E-state index is -0.904. The van der Waals surface area contributed by atoms with Gasteiger partial charge in [-0.2, -0.15) is 0 Å². The maximum atomic E-state index is 13.9. The molecule has 0 saturated heterocycles. The molecule has 0 spiro atoms. The van der Waals surface area contributed by atoms with Crippen LogP contribution in [0.2, 0.25) is 5.02 Å². The molecule has 1 N–H and O–H groups in total. The number of benzene rings is 2. The van der Waals surface area contributed by atoms with Crippen LogP contribution in [-0.4, -0.2) is 41.1 Å². The fraction of sp³-hybridized carbons (Fsp3) is 0.276. The topological polar surface area (TPSA) is 96.1 Å². The second-order valence-corrected chi connectivity index (χ2v) is 10.0. The third-order valence-electron chi connectivity index (χ3n) is 7.17. The van der Waals surface area contributed by atoms with Crippen molar-refractivity contribution in [3.63, 3.8) is 0 Å². The van der Waals surface area contributed by atoms with E-state index in [2.05, 4.69) is 16.0 Å². The number of rotatable bonds is 7. The fourth-order valence-corrected chi connectivity index (χ4v) is 5.33. The molecule has 1 aliphatic carbocycles. The van der Waals surface area contributed by atoms with Crippen LogP contribution in [0.3, 0.4) is 0 Å². The molecule has 3 heterocycles. The Balaban J connectivity index is 1.36. The van der Waals surface area contributed by atoms with Crippen LogP contribution in [0, 0.1) is 6.92 Å². The van der Waals surface area contributed by atoms with Crippen molar-refractivity contribution in [2.75, 3.05) is 22.9 Å². The van der Waals surface area contributed by atoms with Crippen LogP contribution in [0.5, 0.6) is 11.5 Å². The van der Waals surface area contributed by atoms with Gasteiger partial charge in [0, 0.05) is 43.5 Å². The fourth-order valence-electron chi connectivity index (χ4n) is 5.13. The Labute approximate surface area is 224 Å². The number of aromatic nitrogens is 1. The molecule has 1 amide bonds. The van der Waals surface area contributed by atoms with Crippen LogP contribution in [0.1, 0.15) is 40.9 Å². The monoisotopic (exact) mass is 531 g/mol. The number of amides is 1. The molecule has 2 aliphatic rings. The number of carboxylic acids is 1. The Morgan fingerprint density at radius 1 is 1.13 bits per heavy atom. The maximum Gasteiger partial charge on any atom is 0.303 e. The van der Waals surface area contributed by atoms with Gasteiger partial charge in [-0.3, -0.25) is 14.6 Å². The molecule has 9 heteroatoms. The van der Waals surface area contributed by atoms with Gasteiger partial charge in [-0.1, -0.05) is 23.7 Å². The zero-order valence-electron chi connectivity index (χ0n) is 20.8. The molecule has 0 bridgehead atoms. The molecule has 4 aromatic rings. The summed E-state index contributed by atoms with van der Waals surface area (Å²) in [7, 11) is 0. The van der Waals surface area contributed by atoms with E-state index in [1.165, 1.54) is 19.0 Å². The van der Waals surface area contributed by atoms with Crippen molar-refractivity contribution < 1.29 is 23.8 Å². The van der Waals surface area contributed by atoms with Gasteiger partial charge in [-0.25, -0.2) is 0 Å². The maximum absolute atomic E-state index is 13.9. The number of carbonyl (C=O) groups is 2. The number of aliphatic carboxylic acids is 1. The molecule has 38 heavy (non-hydrogen) atoms. The number of anilines is 2. The van der Waals surface area contributed by atoms with Crippen molar-refractivity contribution >= 4 is 45.8 Å². The Hall–Kier alpha value is -4.04. The summed E-state index contributed by atoms with van der Waals surface area (Å²) in [5.41, 5.74) is 3.55. The van der Waals surface area contributed by atoms with E-state index < -0.39 is 5.97 Å². The summed E-state index contributed by atoms with van der Waals surface area (Å²) in [6.07, 6.45) is 5.64. The number of hydrogen-bond donors (Lipinski definition) is 1. The van der Waals surface area contributed by atoms with Gasteiger partial charge in [0.25, 0.3) is 5.91 Å². The largest absolute Gasteiger partial charge is 0.481 e. The van der Waals surface area contributed by atoms with E-state index in [9.17, 15) is 9.59 Å². The van der Waals surface area contributed by atoms with Crippen molar-refractivity contribution in [3.05, 3.63) is 76.8 Å². The third kappa shape index (κ3) is 4.35. The number of carboxylic acid groups (broad SMARTS) is 1. The van der Waals surface area contributed by atoms with E-state index in [4.69, 9.17) is 25.9 Å². The zero-order valence-corrected chi connectivity index (χ0v) is 21.6. The minimum absolute atomic E-state index is 0.0525. The molecule has 2 aromatic heterocycles. The van der Waals surface area contributed by atoms with Gasteiger partial charge in [0.2, 0.25) is 0 Å². The van der Waals surface area contributed by atoms with E-state index in [0.717, 1.165) is 23.5 Å². The molecule has 1 saturated carbocycles. The highest BCUT2D eigenvalue weighted by molar-refractivity contribution is 6.33. The van der Waals surface area contributed by atoms with Crippen molar-refractivity contribution in [2.45, 2.75) is 38.6 Å². The van der Waals surface area contributed by atoms with Gasteiger partial charge < -0.3 is 24.1 Å². The summed E-state index contributed by atoms with van der Waals surface area (Å²) >= 11 is 6.58. The number of carbonyl (C=O) groups excluding carboxylic acids is 1. The summed E-state index contributed by atoms with van der Waals surface area (Å²) in [4.78, 5) is 33.4. The van der Waals surface area contributed by atoms with Crippen LogP contribution in [0.15, 0.2) is 59.3 Å². The molecular formula is C29H26ClN3O5. The smallest absolute Gasteiger partial charge is 0.303 e. The number of halogens is 1. The quantitative estimate of drug-likeness (QED) is 0.302. The first-order valence-corrected chi connectivity index (χ1v) is 13.0. The van der Waals surface area contributed by atoms with Crippen molar-refractivity contribution in [2.24, 2.45) is 0 Å². The van der Waals surface area contributed by atoms with Crippen molar-refractivity contribution in [1.82, 2.24) is 4.98 Å². The second-order valence-electron chi connectivity index (χ2n) is 9.64. The Morgan fingerprint density at radius 2 is 1.92 bits per heavy atom. The first-order chi connectivity index (χ1) is 18.4. The van der Waals surface area contributed by atoms with Crippen LogP contribution < -0.4 is 14.5 Å². The molecule has 0 atom stereocenters. The van der Waals surface area contributed by atoms with Gasteiger partial charge in [0.1, 0.15) is 22.7 Å². The minimum Gasteiger partial charge on any atom is -0.481 e. The van der Waals surface area contributed by atoms with E-state index in [-0.39, 0.29) is 18.7 Å². The lowest BCUT2D eigenvalue weighted by Crippen LogP contribution is -2.45.